The van der Waals surface area contributed by atoms with E-state index in [1.54, 1.807) is 12.1 Å². The van der Waals surface area contributed by atoms with Crippen molar-refractivity contribution in [2.45, 2.75) is 6.42 Å². The summed E-state index contributed by atoms with van der Waals surface area (Å²) in [5.41, 5.74) is 7.89. The molecule has 0 aromatic heterocycles. The number of nitrogen functional groups attached to an aromatic ring is 1. The van der Waals surface area contributed by atoms with E-state index in [4.69, 9.17) is 15.2 Å². The number of hydrogen-bond donors (Lipinski definition) is 3. The molecule has 20 heavy (non-hydrogen) atoms. The normalized spacial score (nSPS) is 13.1. The molecule has 0 saturated carbocycles. The average Bonchev–Trinajstić information content (AvgIpc) is 2.43. The number of fused-ring (bicyclic) bond motifs is 1. The van der Waals surface area contributed by atoms with E-state index >= 15 is 0 Å². The van der Waals surface area contributed by atoms with Crippen molar-refractivity contribution in [2.24, 2.45) is 0 Å². The fraction of sp³-hybridized carbons (Fsp3) is 0.357. The van der Waals surface area contributed by atoms with E-state index in [-0.39, 0.29) is 12.5 Å². The summed E-state index contributed by atoms with van der Waals surface area (Å²) in [6, 6.07) is 3.47. The highest BCUT2D eigenvalue weighted by Crippen LogP contribution is 2.34. The SMILES string of the molecule is C=CCCOCCNc1cc2c(cc1N)OCC(=O)N2. The lowest BCUT2D eigenvalue weighted by Crippen LogP contribution is -2.25. The molecule has 0 unspecified atom stereocenters. The Hall–Kier alpha value is -2.21. The number of amides is 1. The van der Waals surface area contributed by atoms with Crippen molar-refractivity contribution in [3.05, 3.63) is 24.8 Å². The van der Waals surface area contributed by atoms with E-state index in [2.05, 4.69) is 17.2 Å². The van der Waals surface area contributed by atoms with Crippen LogP contribution in [0.3, 0.4) is 0 Å². The second kappa shape index (κ2) is 6.81. The van der Waals surface area contributed by atoms with Crippen molar-refractivity contribution in [1.82, 2.24) is 0 Å². The summed E-state index contributed by atoms with van der Waals surface area (Å²) >= 11 is 0. The fourth-order valence-electron chi connectivity index (χ4n) is 1.82. The summed E-state index contributed by atoms with van der Waals surface area (Å²) in [6.45, 7) is 5.52. The van der Waals surface area contributed by atoms with Crippen LogP contribution in [0.2, 0.25) is 0 Å². The zero-order valence-electron chi connectivity index (χ0n) is 11.3. The number of nitrogens with two attached hydrogens (primary N) is 1. The van der Waals surface area contributed by atoms with Crippen LogP contribution in [0.1, 0.15) is 6.42 Å². The van der Waals surface area contributed by atoms with Gasteiger partial charge in [-0.3, -0.25) is 4.79 Å². The van der Waals surface area contributed by atoms with E-state index in [1.807, 2.05) is 6.08 Å². The highest BCUT2D eigenvalue weighted by Gasteiger charge is 2.17. The third-order valence-corrected chi connectivity index (χ3v) is 2.81. The topological polar surface area (TPSA) is 85.6 Å². The van der Waals surface area contributed by atoms with Gasteiger partial charge in [0, 0.05) is 12.6 Å². The van der Waals surface area contributed by atoms with Crippen LogP contribution in [-0.2, 0) is 9.53 Å². The minimum Gasteiger partial charge on any atom is -0.482 e. The van der Waals surface area contributed by atoms with Crippen molar-refractivity contribution < 1.29 is 14.3 Å². The van der Waals surface area contributed by atoms with Gasteiger partial charge < -0.3 is 25.8 Å². The molecule has 0 atom stereocenters. The number of anilines is 3. The molecule has 6 nitrogen and oxygen atoms in total. The Morgan fingerprint density at radius 2 is 2.35 bits per heavy atom. The fourth-order valence-corrected chi connectivity index (χ4v) is 1.82. The van der Waals surface area contributed by atoms with Gasteiger partial charge >= 0.3 is 0 Å². The Labute approximate surface area is 117 Å². The van der Waals surface area contributed by atoms with Crippen LogP contribution in [0.4, 0.5) is 17.1 Å². The maximum Gasteiger partial charge on any atom is 0.262 e. The lowest BCUT2D eigenvalue weighted by Gasteiger charge is -2.20. The third kappa shape index (κ3) is 3.64. The molecule has 1 aromatic carbocycles. The Bertz CT molecular complexity index is 503. The predicted molar refractivity (Wildman–Crippen MR) is 79.1 cm³/mol. The van der Waals surface area contributed by atoms with Crippen LogP contribution >= 0.6 is 0 Å². The van der Waals surface area contributed by atoms with Gasteiger partial charge in [0.25, 0.3) is 5.91 Å². The zero-order valence-corrected chi connectivity index (χ0v) is 11.3. The number of nitrogens with one attached hydrogen (secondary N) is 2. The number of rotatable bonds is 7. The highest BCUT2D eigenvalue weighted by molar-refractivity contribution is 5.97. The molecule has 0 radical (unpaired) electrons. The molecular weight excluding hydrogens is 258 g/mol. The van der Waals surface area contributed by atoms with Crippen LogP contribution < -0.4 is 21.1 Å². The van der Waals surface area contributed by atoms with Gasteiger partial charge in [0.15, 0.2) is 6.61 Å². The summed E-state index contributed by atoms with van der Waals surface area (Å²) in [4.78, 5) is 11.3. The summed E-state index contributed by atoms with van der Waals surface area (Å²) in [6.07, 6.45) is 2.65. The van der Waals surface area contributed by atoms with E-state index < -0.39 is 0 Å². The molecule has 0 saturated heterocycles. The molecule has 0 aliphatic carbocycles. The average molecular weight is 277 g/mol. The molecule has 4 N–H and O–H groups in total. The van der Waals surface area contributed by atoms with Gasteiger partial charge in [0.2, 0.25) is 0 Å². The molecule has 0 fully saturated rings. The standard InChI is InChI=1S/C14H19N3O3/c1-2-3-5-19-6-4-16-11-8-12-13(7-10(11)15)20-9-14(18)17-12/h2,7-8,16H,1,3-6,9,15H2,(H,17,18). The van der Waals surface area contributed by atoms with Crippen molar-refractivity contribution in [2.75, 3.05) is 42.7 Å². The minimum atomic E-state index is -0.166. The summed E-state index contributed by atoms with van der Waals surface area (Å²) < 4.78 is 10.7. The molecule has 108 valence electrons. The molecule has 1 aliphatic heterocycles. The van der Waals surface area contributed by atoms with Gasteiger partial charge in [-0.05, 0) is 12.5 Å². The van der Waals surface area contributed by atoms with Crippen molar-refractivity contribution in [1.29, 1.82) is 0 Å². The number of ether oxygens (including phenoxy) is 2. The quantitative estimate of drug-likeness (QED) is 0.400. The smallest absolute Gasteiger partial charge is 0.262 e. The van der Waals surface area contributed by atoms with E-state index in [9.17, 15) is 4.79 Å². The molecule has 0 bridgehead atoms. The number of carbonyl (C=O) groups is 1. The van der Waals surface area contributed by atoms with Gasteiger partial charge in [0.05, 0.1) is 30.3 Å². The zero-order chi connectivity index (χ0) is 14.4. The van der Waals surface area contributed by atoms with Crippen molar-refractivity contribution in [3.8, 4) is 5.75 Å². The lowest BCUT2D eigenvalue weighted by molar-refractivity contribution is -0.118. The Balaban J connectivity index is 1.90. The number of benzene rings is 1. The summed E-state index contributed by atoms with van der Waals surface area (Å²) in [7, 11) is 0. The minimum absolute atomic E-state index is 0.0242. The summed E-state index contributed by atoms with van der Waals surface area (Å²) in [5, 5.41) is 5.92. The van der Waals surface area contributed by atoms with Gasteiger partial charge in [-0.25, -0.2) is 0 Å². The second-order valence-corrected chi connectivity index (χ2v) is 4.39. The predicted octanol–water partition coefficient (Wildman–Crippen LogP) is 1.60. The van der Waals surface area contributed by atoms with Gasteiger partial charge in [-0.1, -0.05) is 6.08 Å². The third-order valence-electron chi connectivity index (χ3n) is 2.81. The van der Waals surface area contributed by atoms with Crippen LogP contribution in [0.25, 0.3) is 0 Å². The summed E-state index contributed by atoms with van der Waals surface area (Å²) in [5.74, 6) is 0.427. The molecule has 0 spiro atoms. The maximum absolute atomic E-state index is 11.3. The first-order valence-corrected chi connectivity index (χ1v) is 6.49. The van der Waals surface area contributed by atoms with E-state index in [0.29, 0.717) is 36.9 Å². The molecule has 1 heterocycles. The highest BCUT2D eigenvalue weighted by atomic mass is 16.5. The Morgan fingerprint density at radius 3 is 3.15 bits per heavy atom. The lowest BCUT2D eigenvalue weighted by atomic mass is 10.2. The van der Waals surface area contributed by atoms with E-state index in [0.717, 1.165) is 12.1 Å². The largest absolute Gasteiger partial charge is 0.482 e. The molecule has 1 aromatic rings. The Morgan fingerprint density at radius 1 is 1.50 bits per heavy atom. The number of hydrogen-bond acceptors (Lipinski definition) is 5. The van der Waals surface area contributed by atoms with Crippen molar-refractivity contribution >= 4 is 23.0 Å². The van der Waals surface area contributed by atoms with Crippen LogP contribution in [0, 0.1) is 0 Å². The van der Waals surface area contributed by atoms with Crippen LogP contribution in [0.15, 0.2) is 24.8 Å². The maximum atomic E-state index is 11.3. The number of carbonyl (C=O) groups excluding carboxylic acids is 1. The molecule has 2 rings (SSSR count). The van der Waals surface area contributed by atoms with Crippen molar-refractivity contribution in [3.63, 3.8) is 0 Å². The monoisotopic (exact) mass is 277 g/mol. The molecule has 1 aliphatic rings. The van der Waals surface area contributed by atoms with Gasteiger partial charge in [-0.15, -0.1) is 6.58 Å². The van der Waals surface area contributed by atoms with E-state index in [1.165, 1.54) is 0 Å². The van der Waals surface area contributed by atoms with Crippen LogP contribution in [-0.4, -0.2) is 32.3 Å². The Kier molecular flexibility index (Phi) is 4.84. The van der Waals surface area contributed by atoms with Crippen LogP contribution in [0.5, 0.6) is 5.75 Å². The first kappa shape index (κ1) is 14.2. The first-order valence-electron chi connectivity index (χ1n) is 6.49. The molecule has 6 heteroatoms. The first-order chi connectivity index (χ1) is 9.70. The van der Waals surface area contributed by atoms with Gasteiger partial charge in [-0.2, -0.15) is 0 Å². The van der Waals surface area contributed by atoms with Gasteiger partial charge in [0.1, 0.15) is 5.75 Å². The molecular formula is C14H19N3O3. The second-order valence-electron chi connectivity index (χ2n) is 4.39. The molecule has 1 amide bonds.